The average molecular weight is 220 g/mol. The molecular formula is C13H16O3. The first kappa shape index (κ1) is 9.37. The van der Waals surface area contributed by atoms with Crippen LogP contribution in [0.1, 0.15) is 25.7 Å². The van der Waals surface area contributed by atoms with E-state index in [0.29, 0.717) is 18.3 Å². The lowest BCUT2D eigenvalue weighted by Crippen LogP contribution is -2.58. The van der Waals surface area contributed by atoms with Crippen molar-refractivity contribution in [3.63, 3.8) is 0 Å². The van der Waals surface area contributed by atoms with Crippen LogP contribution < -0.4 is 0 Å². The Bertz CT molecular complexity index is 396. The highest BCUT2D eigenvalue weighted by Gasteiger charge is 2.70. The number of hydrogen-bond donors (Lipinski definition) is 1. The normalized spacial score (nSPS) is 57.8. The number of aliphatic hydroxyl groups is 1. The predicted molar refractivity (Wildman–Crippen MR) is 56.7 cm³/mol. The van der Waals surface area contributed by atoms with Crippen molar-refractivity contribution in [2.24, 2.45) is 17.3 Å². The SMILES string of the molecule is O=C1[C@@]2(CO2)[C@H]2C=C[C@@]13CC[C@H](O)C[C@@H]3C2. The Hall–Kier alpha value is -0.670. The fourth-order valence-electron chi connectivity index (χ4n) is 4.17. The maximum Gasteiger partial charge on any atom is 0.177 e. The van der Waals surface area contributed by atoms with Gasteiger partial charge in [0.1, 0.15) is 0 Å². The van der Waals surface area contributed by atoms with Crippen LogP contribution in [0.2, 0.25) is 0 Å². The Morgan fingerprint density at radius 2 is 2.25 bits per heavy atom. The molecule has 5 atom stereocenters. The van der Waals surface area contributed by atoms with Crippen molar-refractivity contribution in [3.8, 4) is 0 Å². The summed E-state index contributed by atoms with van der Waals surface area (Å²) in [5.74, 6) is 0.946. The molecule has 2 saturated carbocycles. The van der Waals surface area contributed by atoms with E-state index in [9.17, 15) is 9.90 Å². The lowest BCUT2D eigenvalue weighted by atomic mass is 9.49. The summed E-state index contributed by atoms with van der Waals surface area (Å²) in [7, 11) is 0. The molecule has 1 saturated heterocycles. The van der Waals surface area contributed by atoms with Crippen molar-refractivity contribution >= 4 is 5.78 Å². The Labute approximate surface area is 94.5 Å². The molecule has 2 spiro atoms. The minimum absolute atomic E-state index is 0.202. The zero-order valence-corrected chi connectivity index (χ0v) is 9.19. The van der Waals surface area contributed by atoms with Gasteiger partial charge in [0.2, 0.25) is 0 Å². The quantitative estimate of drug-likeness (QED) is 0.490. The molecule has 3 nitrogen and oxygen atoms in total. The average Bonchev–Trinajstić information content (AvgIpc) is 3.06. The fraction of sp³-hybridized carbons (Fsp3) is 0.769. The Morgan fingerprint density at radius 3 is 3.00 bits per heavy atom. The van der Waals surface area contributed by atoms with Gasteiger partial charge >= 0.3 is 0 Å². The molecule has 0 radical (unpaired) electrons. The second-order valence-corrected chi connectivity index (χ2v) is 5.87. The van der Waals surface area contributed by atoms with E-state index in [2.05, 4.69) is 12.2 Å². The standard InChI is InChI=1S/C13H16O3/c14-10-2-4-12-3-1-8(5-9(12)6-10)13(7-16-13)11(12)15/h1,3,8-10,14H,2,4-7H2/t8-,9-,10-,12-,13+/m0/s1. The summed E-state index contributed by atoms with van der Waals surface area (Å²) in [4.78, 5) is 12.6. The van der Waals surface area contributed by atoms with Gasteiger partial charge < -0.3 is 9.84 Å². The zero-order chi connectivity index (χ0) is 11.0. The molecule has 0 aromatic carbocycles. The summed E-state index contributed by atoms with van der Waals surface area (Å²) < 4.78 is 5.49. The van der Waals surface area contributed by atoms with Gasteiger partial charge in [-0.15, -0.1) is 0 Å². The van der Waals surface area contributed by atoms with Gasteiger partial charge in [0.25, 0.3) is 0 Å². The molecule has 5 rings (SSSR count). The number of aliphatic hydroxyl groups excluding tert-OH is 1. The molecule has 0 aromatic heterocycles. The van der Waals surface area contributed by atoms with Crippen molar-refractivity contribution in [1.29, 1.82) is 0 Å². The third kappa shape index (κ3) is 0.868. The Kier molecular flexibility index (Phi) is 1.52. The summed E-state index contributed by atoms with van der Waals surface area (Å²) in [5, 5.41) is 9.74. The molecule has 3 heteroatoms. The van der Waals surface area contributed by atoms with Crippen LogP contribution in [0, 0.1) is 17.3 Å². The highest BCUT2D eigenvalue weighted by molar-refractivity contribution is 5.99. The van der Waals surface area contributed by atoms with Gasteiger partial charge in [-0.25, -0.2) is 0 Å². The maximum absolute atomic E-state index is 12.6. The highest BCUT2D eigenvalue weighted by atomic mass is 16.6. The van der Waals surface area contributed by atoms with Crippen LogP contribution in [0.25, 0.3) is 0 Å². The first-order valence-corrected chi connectivity index (χ1v) is 6.24. The first-order valence-electron chi connectivity index (χ1n) is 6.24. The molecule has 16 heavy (non-hydrogen) atoms. The number of carbonyl (C=O) groups excluding carboxylic acids is 1. The molecule has 4 aliphatic carbocycles. The van der Waals surface area contributed by atoms with Crippen molar-refractivity contribution in [2.75, 3.05) is 6.61 Å². The number of carbonyl (C=O) groups is 1. The lowest BCUT2D eigenvalue weighted by molar-refractivity contribution is -0.147. The molecule has 0 unspecified atom stereocenters. The van der Waals surface area contributed by atoms with Crippen molar-refractivity contribution < 1.29 is 14.6 Å². The van der Waals surface area contributed by atoms with Crippen LogP contribution in [0.4, 0.5) is 0 Å². The Morgan fingerprint density at radius 1 is 1.44 bits per heavy atom. The van der Waals surface area contributed by atoms with Crippen LogP contribution in [-0.4, -0.2) is 29.2 Å². The van der Waals surface area contributed by atoms with Gasteiger partial charge in [0, 0.05) is 5.92 Å². The van der Waals surface area contributed by atoms with Crippen molar-refractivity contribution in [3.05, 3.63) is 12.2 Å². The molecule has 3 fully saturated rings. The number of ketones is 1. The van der Waals surface area contributed by atoms with Gasteiger partial charge in [-0.3, -0.25) is 4.79 Å². The predicted octanol–water partition coefficient (Wildman–Crippen LogP) is 1.06. The van der Waals surface area contributed by atoms with Crippen LogP contribution in [0.3, 0.4) is 0 Å². The molecule has 1 N–H and O–H groups in total. The number of allylic oxidation sites excluding steroid dienone is 1. The first-order chi connectivity index (χ1) is 7.67. The fourth-order valence-corrected chi connectivity index (χ4v) is 4.17. The molecule has 0 aromatic rings. The van der Waals surface area contributed by atoms with Gasteiger partial charge in [-0.05, 0) is 31.6 Å². The zero-order valence-electron chi connectivity index (χ0n) is 9.19. The van der Waals surface area contributed by atoms with E-state index in [1.807, 2.05) is 0 Å². The summed E-state index contributed by atoms with van der Waals surface area (Å²) in [5.41, 5.74) is -0.724. The molecule has 1 heterocycles. The maximum atomic E-state index is 12.6. The number of rotatable bonds is 0. The molecule has 2 bridgehead atoms. The number of ether oxygens (including phenoxy) is 1. The summed E-state index contributed by atoms with van der Waals surface area (Å²) in [6.45, 7) is 0.623. The highest BCUT2D eigenvalue weighted by Crippen LogP contribution is 2.61. The van der Waals surface area contributed by atoms with Gasteiger partial charge in [0.05, 0.1) is 18.1 Å². The molecule has 86 valence electrons. The van der Waals surface area contributed by atoms with E-state index in [-0.39, 0.29) is 17.4 Å². The summed E-state index contributed by atoms with van der Waals surface area (Å²) in [6, 6.07) is 0. The largest absolute Gasteiger partial charge is 0.393 e. The van der Waals surface area contributed by atoms with Crippen molar-refractivity contribution in [2.45, 2.75) is 37.4 Å². The topological polar surface area (TPSA) is 49.8 Å². The van der Waals surface area contributed by atoms with E-state index in [1.54, 1.807) is 0 Å². The van der Waals surface area contributed by atoms with E-state index in [0.717, 1.165) is 25.7 Å². The molecular weight excluding hydrogens is 204 g/mol. The van der Waals surface area contributed by atoms with Crippen molar-refractivity contribution in [1.82, 2.24) is 0 Å². The van der Waals surface area contributed by atoms with Crippen LogP contribution in [-0.2, 0) is 9.53 Å². The van der Waals surface area contributed by atoms with Gasteiger partial charge in [-0.1, -0.05) is 12.2 Å². The second-order valence-electron chi connectivity index (χ2n) is 5.87. The van der Waals surface area contributed by atoms with Crippen LogP contribution >= 0.6 is 0 Å². The molecule has 1 aliphatic heterocycles. The number of hydrogen-bond acceptors (Lipinski definition) is 3. The van der Waals surface area contributed by atoms with E-state index < -0.39 is 5.60 Å². The third-order valence-electron chi connectivity index (χ3n) is 5.20. The van der Waals surface area contributed by atoms with E-state index in [4.69, 9.17) is 4.74 Å². The summed E-state index contributed by atoms with van der Waals surface area (Å²) in [6.07, 6.45) is 7.52. The molecule has 5 aliphatic rings. The van der Waals surface area contributed by atoms with E-state index >= 15 is 0 Å². The number of epoxide rings is 1. The third-order valence-corrected chi connectivity index (χ3v) is 5.20. The Balaban J connectivity index is 1.81. The second kappa shape index (κ2) is 2.59. The van der Waals surface area contributed by atoms with Crippen LogP contribution in [0.5, 0.6) is 0 Å². The smallest absolute Gasteiger partial charge is 0.177 e. The monoisotopic (exact) mass is 220 g/mol. The lowest BCUT2D eigenvalue weighted by Gasteiger charge is -2.52. The summed E-state index contributed by atoms with van der Waals surface area (Å²) >= 11 is 0. The number of Topliss-reactive ketones (excluding diaryl/α,β-unsaturated/α-hetero) is 1. The van der Waals surface area contributed by atoms with Gasteiger partial charge in [-0.2, -0.15) is 0 Å². The van der Waals surface area contributed by atoms with Gasteiger partial charge in [0.15, 0.2) is 11.4 Å². The van der Waals surface area contributed by atoms with Crippen LogP contribution in [0.15, 0.2) is 12.2 Å². The minimum Gasteiger partial charge on any atom is -0.393 e. The minimum atomic E-state index is -0.437. The molecule has 0 amide bonds. The van der Waals surface area contributed by atoms with E-state index in [1.165, 1.54) is 0 Å².